The molecule has 1 N–H and O–H groups in total. The van der Waals surface area contributed by atoms with E-state index in [-0.39, 0.29) is 0 Å². The summed E-state index contributed by atoms with van der Waals surface area (Å²) >= 11 is 1.84. The molecule has 0 aliphatic carbocycles. The van der Waals surface area contributed by atoms with Gasteiger partial charge in [-0.15, -0.1) is 0 Å². The maximum atomic E-state index is 4.35. The van der Waals surface area contributed by atoms with E-state index in [9.17, 15) is 0 Å². The highest BCUT2D eigenvalue weighted by molar-refractivity contribution is 7.98. The predicted molar refractivity (Wildman–Crippen MR) is 85.6 cm³/mol. The lowest BCUT2D eigenvalue weighted by Crippen LogP contribution is -2.53. The lowest BCUT2D eigenvalue weighted by molar-refractivity contribution is 0.371. The third-order valence-corrected chi connectivity index (χ3v) is 3.83. The molecule has 1 saturated heterocycles. The minimum absolute atomic E-state index is 0.817. The largest absolute Gasteiger partial charge is 0.355 e. The van der Waals surface area contributed by atoms with E-state index in [1.165, 1.54) is 0 Å². The van der Waals surface area contributed by atoms with Gasteiger partial charge in [0.2, 0.25) is 5.95 Å². The average molecular weight is 294 g/mol. The molecule has 0 unspecified atom stereocenters. The van der Waals surface area contributed by atoms with Crippen LogP contribution in [0.5, 0.6) is 0 Å². The molecule has 6 nitrogen and oxygen atoms in total. The second-order valence-corrected chi connectivity index (χ2v) is 5.48. The number of aliphatic imine (C=N–C) groups is 1. The van der Waals surface area contributed by atoms with E-state index in [0.29, 0.717) is 0 Å². The van der Waals surface area contributed by atoms with Crippen LogP contribution in [0.1, 0.15) is 0 Å². The fourth-order valence-electron chi connectivity index (χ4n) is 2.17. The van der Waals surface area contributed by atoms with Crippen molar-refractivity contribution in [2.45, 2.75) is 0 Å². The quantitative estimate of drug-likeness (QED) is 0.497. The van der Waals surface area contributed by atoms with E-state index >= 15 is 0 Å². The Morgan fingerprint density at radius 2 is 2.00 bits per heavy atom. The molecular weight excluding hydrogens is 272 g/mol. The summed E-state index contributed by atoms with van der Waals surface area (Å²) in [6.45, 7) is 4.69. The van der Waals surface area contributed by atoms with E-state index in [1.807, 2.05) is 24.9 Å². The van der Waals surface area contributed by atoms with Crippen LogP contribution in [0.25, 0.3) is 0 Å². The van der Waals surface area contributed by atoms with Crippen LogP contribution in [-0.2, 0) is 0 Å². The topological polar surface area (TPSA) is 56.7 Å². The van der Waals surface area contributed by atoms with Crippen LogP contribution in [-0.4, -0.2) is 72.6 Å². The van der Waals surface area contributed by atoms with E-state index < -0.39 is 0 Å². The molecule has 1 aromatic rings. The number of hydrogen-bond donors (Lipinski definition) is 1. The SMILES string of the molecule is CN=C(NCCSC)N1CCN(c2ncccn2)CC1. The molecule has 0 aromatic carbocycles. The summed E-state index contributed by atoms with van der Waals surface area (Å²) in [4.78, 5) is 17.5. The Kier molecular flexibility index (Phi) is 5.91. The average Bonchev–Trinajstić information content (AvgIpc) is 2.53. The fraction of sp³-hybridized carbons (Fsp3) is 0.615. The summed E-state index contributed by atoms with van der Waals surface area (Å²) in [7, 11) is 1.84. The van der Waals surface area contributed by atoms with E-state index in [0.717, 1.165) is 50.4 Å². The first-order chi connectivity index (χ1) is 9.85. The number of piperazine rings is 1. The maximum Gasteiger partial charge on any atom is 0.225 e. The summed E-state index contributed by atoms with van der Waals surface area (Å²) in [6.07, 6.45) is 5.69. The first-order valence-electron chi connectivity index (χ1n) is 6.81. The standard InChI is InChI=1S/C13H22N6S/c1-14-12(17-6-11-20-2)18-7-9-19(10-8-18)13-15-4-3-5-16-13/h3-5H,6-11H2,1-2H3,(H,14,17). The minimum Gasteiger partial charge on any atom is -0.355 e. The van der Waals surface area contributed by atoms with E-state index in [2.05, 4.69) is 36.3 Å². The Labute approximate surface area is 124 Å². The van der Waals surface area contributed by atoms with Gasteiger partial charge in [0.1, 0.15) is 0 Å². The zero-order valence-corrected chi connectivity index (χ0v) is 12.9. The van der Waals surface area contributed by atoms with Crippen LogP contribution in [0, 0.1) is 0 Å². The van der Waals surface area contributed by atoms with Gasteiger partial charge in [-0.3, -0.25) is 4.99 Å². The zero-order valence-electron chi connectivity index (χ0n) is 12.1. The molecule has 1 aromatic heterocycles. The number of nitrogens with zero attached hydrogens (tertiary/aromatic N) is 5. The smallest absolute Gasteiger partial charge is 0.225 e. The molecule has 20 heavy (non-hydrogen) atoms. The molecule has 7 heteroatoms. The number of anilines is 1. The van der Waals surface area contributed by atoms with Gasteiger partial charge >= 0.3 is 0 Å². The Morgan fingerprint density at radius 1 is 1.30 bits per heavy atom. The molecule has 2 heterocycles. The molecule has 0 bridgehead atoms. The number of rotatable bonds is 4. The molecule has 1 aliphatic heterocycles. The number of nitrogens with one attached hydrogen (secondary N) is 1. The van der Waals surface area contributed by atoms with Gasteiger partial charge in [-0.2, -0.15) is 11.8 Å². The minimum atomic E-state index is 0.817. The van der Waals surface area contributed by atoms with Crippen LogP contribution in [0.3, 0.4) is 0 Å². The van der Waals surface area contributed by atoms with Crippen LogP contribution in [0.2, 0.25) is 0 Å². The first-order valence-corrected chi connectivity index (χ1v) is 8.21. The highest BCUT2D eigenvalue weighted by Gasteiger charge is 2.20. The first kappa shape index (κ1) is 14.9. The summed E-state index contributed by atoms with van der Waals surface area (Å²) in [5.74, 6) is 2.90. The van der Waals surface area contributed by atoms with Gasteiger partial charge in [0.15, 0.2) is 5.96 Å². The van der Waals surface area contributed by atoms with Crippen molar-refractivity contribution in [3.63, 3.8) is 0 Å². The second-order valence-electron chi connectivity index (χ2n) is 4.49. The van der Waals surface area contributed by atoms with Crippen LogP contribution >= 0.6 is 11.8 Å². The number of aromatic nitrogens is 2. The molecule has 0 amide bonds. The van der Waals surface area contributed by atoms with Crippen LogP contribution < -0.4 is 10.2 Å². The molecular formula is C13H22N6S. The summed E-state index contributed by atoms with van der Waals surface area (Å²) in [6, 6.07) is 1.84. The van der Waals surface area contributed by atoms with Gasteiger partial charge in [0, 0.05) is 57.9 Å². The zero-order chi connectivity index (χ0) is 14.2. The maximum absolute atomic E-state index is 4.35. The predicted octanol–water partition coefficient (Wildman–Crippen LogP) is 0.537. The molecule has 2 rings (SSSR count). The molecule has 1 aliphatic rings. The summed E-state index contributed by atoms with van der Waals surface area (Å²) in [5.41, 5.74) is 0. The fourth-order valence-corrected chi connectivity index (χ4v) is 2.48. The van der Waals surface area contributed by atoms with Crippen molar-refractivity contribution >= 4 is 23.7 Å². The van der Waals surface area contributed by atoms with Crippen molar-refractivity contribution in [3.8, 4) is 0 Å². The Bertz CT molecular complexity index is 416. The lowest BCUT2D eigenvalue weighted by atomic mass is 10.3. The summed E-state index contributed by atoms with van der Waals surface area (Å²) in [5, 5.41) is 3.40. The molecule has 110 valence electrons. The van der Waals surface area contributed by atoms with Crippen LogP contribution in [0.4, 0.5) is 5.95 Å². The molecule has 0 spiro atoms. The van der Waals surface area contributed by atoms with Crippen molar-refractivity contribution in [2.75, 3.05) is 56.7 Å². The van der Waals surface area contributed by atoms with Crippen molar-refractivity contribution in [3.05, 3.63) is 18.5 Å². The highest BCUT2D eigenvalue weighted by Crippen LogP contribution is 2.09. The van der Waals surface area contributed by atoms with Crippen molar-refractivity contribution in [1.82, 2.24) is 20.2 Å². The molecule has 0 saturated carbocycles. The van der Waals surface area contributed by atoms with E-state index in [1.54, 1.807) is 12.4 Å². The second kappa shape index (κ2) is 7.94. The third-order valence-electron chi connectivity index (χ3n) is 3.22. The number of thioether (sulfide) groups is 1. The van der Waals surface area contributed by atoms with Gasteiger partial charge in [0.05, 0.1) is 0 Å². The van der Waals surface area contributed by atoms with Crippen molar-refractivity contribution in [2.24, 2.45) is 4.99 Å². The normalized spacial score (nSPS) is 16.4. The van der Waals surface area contributed by atoms with Gasteiger partial charge < -0.3 is 15.1 Å². The molecule has 1 fully saturated rings. The molecule has 0 radical (unpaired) electrons. The number of guanidine groups is 1. The third kappa shape index (κ3) is 4.00. The Hall–Kier alpha value is -1.50. The monoisotopic (exact) mass is 294 g/mol. The number of hydrogen-bond acceptors (Lipinski definition) is 5. The Morgan fingerprint density at radius 3 is 2.60 bits per heavy atom. The summed E-state index contributed by atoms with van der Waals surface area (Å²) < 4.78 is 0. The van der Waals surface area contributed by atoms with Gasteiger partial charge in [-0.25, -0.2) is 9.97 Å². The van der Waals surface area contributed by atoms with Gasteiger partial charge in [-0.05, 0) is 12.3 Å². The van der Waals surface area contributed by atoms with Gasteiger partial charge in [-0.1, -0.05) is 0 Å². The molecule has 0 atom stereocenters. The Balaban J connectivity index is 1.84. The van der Waals surface area contributed by atoms with Crippen molar-refractivity contribution < 1.29 is 0 Å². The van der Waals surface area contributed by atoms with E-state index in [4.69, 9.17) is 0 Å². The van der Waals surface area contributed by atoms with Gasteiger partial charge in [0.25, 0.3) is 0 Å². The highest BCUT2D eigenvalue weighted by atomic mass is 32.2. The van der Waals surface area contributed by atoms with Crippen LogP contribution in [0.15, 0.2) is 23.5 Å². The van der Waals surface area contributed by atoms with Crippen molar-refractivity contribution in [1.29, 1.82) is 0 Å². The lowest BCUT2D eigenvalue weighted by Gasteiger charge is -2.36.